The SMILES string of the molecule is CC(C)Oc1ccc(CNC(=O)c2ccc(NC(=O)C3CC3)s2)c(C(F)(F)F)c1. The summed E-state index contributed by atoms with van der Waals surface area (Å²) in [5, 5.41) is 5.79. The van der Waals surface area contributed by atoms with Crippen LogP contribution in [0.2, 0.25) is 0 Å². The van der Waals surface area contributed by atoms with E-state index in [-0.39, 0.29) is 35.8 Å². The van der Waals surface area contributed by atoms with E-state index in [0.717, 1.165) is 30.2 Å². The quantitative estimate of drug-likeness (QED) is 0.666. The molecule has 0 saturated heterocycles. The predicted octanol–water partition coefficient (Wildman–Crippen LogP) is 4.83. The molecule has 0 spiro atoms. The molecule has 0 radical (unpaired) electrons. The van der Waals surface area contributed by atoms with Gasteiger partial charge in [-0.25, -0.2) is 0 Å². The lowest BCUT2D eigenvalue weighted by Gasteiger charge is -2.16. The highest BCUT2D eigenvalue weighted by Crippen LogP contribution is 2.35. The molecule has 2 amide bonds. The molecule has 9 heteroatoms. The van der Waals surface area contributed by atoms with Gasteiger partial charge in [0, 0.05) is 12.5 Å². The maximum absolute atomic E-state index is 13.4. The van der Waals surface area contributed by atoms with Gasteiger partial charge < -0.3 is 15.4 Å². The number of alkyl halides is 3. The molecule has 5 nitrogen and oxygen atoms in total. The van der Waals surface area contributed by atoms with Gasteiger partial charge >= 0.3 is 6.18 Å². The highest BCUT2D eigenvalue weighted by molar-refractivity contribution is 7.18. The summed E-state index contributed by atoms with van der Waals surface area (Å²) in [6.07, 6.45) is -3.09. The minimum absolute atomic E-state index is 0.0396. The minimum Gasteiger partial charge on any atom is -0.491 e. The highest BCUT2D eigenvalue weighted by Gasteiger charge is 2.34. The van der Waals surface area contributed by atoms with Crippen LogP contribution in [0.25, 0.3) is 0 Å². The van der Waals surface area contributed by atoms with E-state index in [1.54, 1.807) is 19.9 Å². The molecule has 0 atom stereocenters. The zero-order chi connectivity index (χ0) is 21.2. The Kier molecular flexibility index (Phi) is 6.16. The van der Waals surface area contributed by atoms with Crippen molar-refractivity contribution in [2.24, 2.45) is 5.92 Å². The van der Waals surface area contributed by atoms with Crippen LogP contribution >= 0.6 is 11.3 Å². The number of carbonyl (C=O) groups is 2. The van der Waals surface area contributed by atoms with Gasteiger partial charge in [-0.15, -0.1) is 11.3 Å². The molecule has 1 aromatic heterocycles. The average molecular weight is 426 g/mol. The van der Waals surface area contributed by atoms with Crippen molar-refractivity contribution in [1.82, 2.24) is 5.32 Å². The Bertz CT molecular complexity index is 905. The number of rotatable bonds is 7. The Labute approximate surface area is 170 Å². The summed E-state index contributed by atoms with van der Waals surface area (Å²) in [4.78, 5) is 24.4. The second kappa shape index (κ2) is 8.44. The van der Waals surface area contributed by atoms with Crippen molar-refractivity contribution in [2.45, 2.75) is 45.5 Å². The van der Waals surface area contributed by atoms with E-state index >= 15 is 0 Å². The van der Waals surface area contributed by atoms with Crippen molar-refractivity contribution >= 4 is 28.2 Å². The normalized spacial score (nSPS) is 14.0. The molecule has 1 fully saturated rings. The van der Waals surface area contributed by atoms with Crippen LogP contribution in [0.4, 0.5) is 18.2 Å². The fourth-order valence-corrected chi connectivity index (χ4v) is 3.50. The number of hydrogen-bond acceptors (Lipinski definition) is 4. The second-order valence-electron chi connectivity index (χ2n) is 7.09. The van der Waals surface area contributed by atoms with Crippen LogP contribution in [0.15, 0.2) is 30.3 Å². The Morgan fingerprint density at radius 2 is 1.93 bits per heavy atom. The number of amides is 2. The van der Waals surface area contributed by atoms with Crippen molar-refractivity contribution in [3.63, 3.8) is 0 Å². The van der Waals surface area contributed by atoms with Crippen molar-refractivity contribution in [3.05, 3.63) is 46.3 Å². The Morgan fingerprint density at radius 1 is 1.21 bits per heavy atom. The van der Waals surface area contributed by atoms with Crippen LogP contribution in [0.5, 0.6) is 5.75 Å². The number of ether oxygens (including phenoxy) is 1. The first-order valence-electron chi connectivity index (χ1n) is 9.19. The van der Waals surface area contributed by atoms with Gasteiger partial charge in [-0.05, 0) is 56.5 Å². The van der Waals surface area contributed by atoms with Crippen LogP contribution in [-0.4, -0.2) is 17.9 Å². The minimum atomic E-state index is -4.57. The van der Waals surface area contributed by atoms with E-state index < -0.39 is 17.6 Å². The molecule has 2 N–H and O–H groups in total. The van der Waals surface area contributed by atoms with E-state index in [1.807, 2.05) is 0 Å². The van der Waals surface area contributed by atoms with Crippen molar-refractivity contribution in [2.75, 3.05) is 5.32 Å². The lowest BCUT2D eigenvalue weighted by molar-refractivity contribution is -0.138. The molecule has 1 aliphatic rings. The van der Waals surface area contributed by atoms with Crippen LogP contribution < -0.4 is 15.4 Å². The number of carbonyl (C=O) groups excluding carboxylic acids is 2. The van der Waals surface area contributed by atoms with Gasteiger partial charge in [0.1, 0.15) is 5.75 Å². The molecule has 0 unspecified atom stereocenters. The van der Waals surface area contributed by atoms with E-state index in [1.165, 1.54) is 18.2 Å². The van der Waals surface area contributed by atoms with Gasteiger partial charge in [-0.3, -0.25) is 9.59 Å². The van der Waals surface area contributed by atoms with Crippen molar-refractivity contribution in [1.29, 1.82) is 0 Å². The summed E-state index contributed by atoms with van der Waals surface area (Å²) < 4.78 is 45.5. The Hall–Kier alpha value is -2.55. The monoisotopic (exact) mass is 426 g/mol. The molecule has 1 saturated carbocycles. The molecular formula is C20H21F3N2O3S. The molecule has 0 aliphatic heterocycles. The van der Waals surface area contributed by atoms with E-state index in [9.17, 15) is 22.8 Å². The maximum Gasteiger partial charge on any atom is 0.416 e. The maximum atomic E-state index is 13.4. The fraction of sp³-hybridized carbons (Fsp3) is 0.400. The molecule has 1 aliphatic carbocycles. The van der Waals surface area contributed by atoms with Gasteiger partial charge in [0.25, 0.3) is 5.91 Å². The Balaban J connectivity index is 1.66. The first kappa shape index (κ1) is 21.2. The standard InChI is InChI=1S/C20H21F3N2O3S/c1-11(2)28-14-6-5-13(15(9-14)20(21,22)23)10-24-19(27)16-7-8-17(29-16)25-18(26)12-3-4-12/h5-9,11-12H,3-4,10H2,1-2H3,(H,24,27)(H,25,26). The third-order valence-electron chi connectivity index (χ3n) is 4.22. The fourth-order valence-electron chi connectivity index (χ4n) is 2.68. The number of anilines is 1. The molecule has 1 aromatic carbocycles. The predicted molar refractivity (Wildman–Crippen MR) is 104 cm³/mol. The van der Waals surface area contributed by atoms with E-state index in [0.29, 0.717) is 9.88 Å². The lowest BCUT2D eigenvalue weighted by Crippen LogP contribution is -2.24. The lowest BCUT2D eigenvalue weighted by atomic mass is 10.1. The third-order valence-corrected chi connectivity index (χ3v) is 5.22. The molecule has 3 rings (SSSR count). The summed E-state index contributed by atoms with van der Waals surface area (Å²) in [6.45, 7) is 3.17. The summed E-state index contributed by atoms with van der Waals surface area (Å²) in [5.74, 6) is -0.413. The van der Waals surface area contributed by atoms with Gasteiger partial charge in [-0.2, -0.15) is 13.2 Å². The highest BCUT2D eigenvalue weighted by atomic mass is 32.1. The van der Waals surface area contributed by atoms with Crippen molar-refractivity contribution in [3.8, 4) is 5.75 Å². The number of halogens is 3. The molecule has 0 bridgehead atoms. The molecule has 29 heavy (non-hydrogen) atoms. The topological polar surface area (TPSA) is 67.4 Å². The Morgan fingerprint density at radius 3 is 2.55 bits per heavy atom. The first-order valence-corrected chi connectivity index (χ1v) is 10.0. The second-order valence-corrected chi connectivity index (χ2v) is 8.18. The molecule has 156 valence electrons. The number of benzene rings is 1. The van der Waals surface area contributed by atoms with Crippen LogP contribution in [0, 0.1) is 5.92 Å². The zero-order valence-electron chi connectivity index (χ0n) is 15.9. The number of thiophene rings is 1. The molecular weight excluding hydrogens is 405 g/mol. The van der Waals surface area contributed by atoms with E-state index in [4.69, 9.17) is 4.74 Å². The van der Waals surface area contributed by atoms with Gasteiger partial charge in [0.05, 0.1) is 21.5 Å². The summed E-state index contributed by atoms with van der Waals surface area (Å²) in [5.41, 5.74) is -0.903. The zero-order valence-corrected chi connectivity index (χ0v) is 16.7. The summed E-state index contributed by atoms with van der Waals surface area (Å²) in [7, 11) is 0. The van der Waals surface area contributed by atoms with Gasteiger partial charge in [0.15, 0.2) is 0 Å². The van der Waals surface area contributed by atoms with Gasteiger partial charge in [-0.1, -0.05) is 6.07 Å². The molecule has 1 heterocycles. The summed E-state index contributed by atoms with van der Waals surface area (Å²) in [6, 6.07) is 6.84. The number of hydrogen-bond donors (Lipinski definition) is 2. The first-order chi connectivity index (χ1) is 13.6. The number of nitrogens with one attached hydrogen (secondary N) is 2. The van der Waals surface area contributed by atoms with Crippen molar-refractivity contribution < 1.29 is 27.5 Å². The third kappa shape index (κ3) is 5.72. The molecule has 2 aromatic rings. The smallest absolute Gasteiger partial charge is 0.416 e. The van der Waals surface area contributed by atoms with Gasteiger partial charge in [0.2, 0.25) is 5.91 Å². The van der Waals surface area contributed by atoms with Crippen LogP contribution in [0.1, 0.15) is 47.5 Å². The van der Waals surface area contributed by atoms with Crippen LogP contribution in [-0.2, 0) is 17.5 Å². The summed E-state index contributed by atoms with van der Waals surface area (Å²) >= 11 is 1.08. The van der Waals surface area contributed by atoms with Crippen LogP contribution in [0.3, 0.4) is 0 Å². The largest absolute Gasteiger partial charge is 0.491 e. The van der Waals surface area contributed by atoms with E-state index in [2.05, 4.69) is 10.6 Å². The average Bonchev–Trinajstić information content (AvgIpc) is 3.39.